The molecule has 2 aromatic heterocycles. The Labute approximate surface area is 341 Å². The molecule has 0 spiro atoms. The Hall–Kier alpha value is -6.17. The molecule has 0 saturated carbocycles. The van der Waals surface area contributed by atoms with E-state index >= 15 is 0 Å². The molecule has 1 aliphatic rings. The molecule has 280 valence electrons. The molecule has 1 aliphatic heterocycles. The smallest absolute Gasteiger partial charge is 0.220 e. The summed E-state index contributed by atoms with van der Waals surface area (Å²) in [6.45, 7) is 7.46. The molecule has 0 bridgehead atoms. The topological polar surface area (TPSA) is 31.5 Å². The van der Waals surface area contributed by atoms with Gasteiger partial charge in [0.2, 0.25) is 5.78 Å². The highest BCUT2D eigenvalue weighted by Crippen LogP contribution is 2.54. The van der Waals surface area contributed by atoms with Crippen LogP contribution in [0.1, 0.15) is 57.1 Å². The van der Waals surface area contributed by atoms with Gasteiger partial charge in [-0.1, -0.05) is 161 Å². The number of fused-ring (bicyclic) bond motifs is 7. The first-order valence-corrected chi connectivity index (χ1v) is 22.0. The lowest BCUT2D eigenvalue weighted by atomic mass is 9.64. The predicted molar refractivity (Wildman–Crippen MR) is 239 cm³/mol. The normalized spacial score (nSPS) is 15.2. The number of benzene rings is 7. The number of aromatic nitrogens is 3. The van der Waals surface area contributed by atoms with Crippen molar-refractivity contribution >= 4 is 56.7 Å². The van der Waals surface area contributed by atoms with Gasteiger partial charge in [0.15, 0.2) is 8.07 Å². The molecule has 0 amide bonds. The molecule has 0 atom stereocenters. The van der Waals surface area contributed by atoms with E-state index in [0.29, 0.717) is 22.6 Å². The minimum Gasteiger partial charge on any atom is -0.457 e. The van der Waals surface area contributed by atoms with Crippen LogP contribution in [0.5, 0.6) is 11.5 Å². The number of hydrogen-bond donors (Lipinski definition) is 0. The Morgan fingerprint density at radius 3 is 1.84 bits per heavy atom. The van der Waals surface area contributed by atoms with Crippen molar-refractivity contribution in [1.82, 2.24) is 14.0 Å². The van der Waals surface area contributed by atoms with Crippen LogP contribution in [0.25, 0.3) is 33.5 Å². The number of hydrogen-bond acceptors (Lipinski definition) is 2. The van der Waals surface area contributed by atoms with E-state index in [1.54, 1.807) is 0 Å². The van der Waals surface area contributed by atoms with Crippen molar-refractivity contribution in [1.29, 1.82) is 0 Å². The zero-order valence-electron chi connectivity index (χ0n) is 36.6. The molecule has 3 heterocycles. The summed E-state index contributed by atoms with van der Waals surface area (Å²) in [4.78, 5) is 5.21. The maximum Gasteiger partial charge on any atom is 0.220 e. The van der Waals surface area contributed by atoms with Crippen LogP contribution in [-0.4, -0.2) is 22.0 Å². The summed E-state index contributed by atoms with van der Waals surface area (Å²) in [5.74, 6) is 0.729. The lowest BCUT2D eigenvalue weighted by molar-refractivity contribution is 0.296. The van der Waals surface area contributed by atoms with E-state index in [4.69, 9.17) is 9.72 Å². The third-order valence-corrected chi connectivity index (χ3v) is 16.2. The largest absolute Gasteiger partial charge is 0.457 e. The van der Waals surface area contributed by atoms with Crippen LogP contribution in [0.2, 0.25) is 0 Å². The lowest BCUT2D eigenvalue weighted by Crippen LogP contribution is -2.75. The van der Waals surface area contributed by atoms with Gasteiger partial charge in [0.1, 0.15) is 11.5 Å². The summed E-state index contributed by atoms with van der Waals surface area (Å²) in [5, 5.41) is 4.25. The van der Waals surface area contributed by atoms with Crippen molar-refractivity contribution in [2.75, 3.05) is 0 Å². The third kappa shape index (κ3) is 5.43. The minimum absolute atomic E-state index is 0.474. The number of nitrogens with zero attached hydrogens (tertiary/aromatic N) is 3. The van der Waals surface area contributed by atoms with E-state index in [0.717, 1.165) is 54.3 Å². The quantitative estimate of drug-likeness (QED) is 0.108. The van der Waals surface area contributed by atoms with Crippen LogP contribution in [0.3, 0.4) is 0 Å². The second-order valence-electron chi connectivity index (χ2n) is 15.7. The van der Waals surface area contributed by atoms with Crippen molar-refractivity contribution in [2.45, 2.75) is 45.9 Å². The Kier molecular flexibility index (Phi) is 7.49. The van der Waals surface area contributed by atoms with Crippen molar-refractivity contribution in [3.05, 3.63) is 187 Å². The molecule has 0 radical (unpaired) electrons. The van der Waals surface area contributed by atoms with E-state index in [1.165, 1.54) is 0 Å². The van der Waals surface area contributed by atoms with Gasteiger partial charge in [0.05, 0.1) is 22.1 Å². The first-order chi connectivity index (χ1) is 29.5. The Morgan fingerprint density at radius 2 is 1.14 bits per heavy atom. The average molecular weight is 762 g/mol. The van der Waals surface area contributed by atoms with Gasteiger partial charge < -0.3 is 4.74 Å². The summed E-state index contributed by atoms with van der Waals surface area (Å²) < 4.78 is 52.1. The molecule has 0 N–H and O–H groups in total. The highest BCUT2D eigenvalue weighted by molar-refractivity contribution is 7.20. The van der Waals surface area contributed by atoms with Gasteiger partial charge in [-0.3, -0.25) is 8.97 Å². The lowest BCUT2D eigenvalue weighted by Gasteiger charge is -2.45. The van der Waals surface area contributed by atoms with Crippen LogP contribution >= 0.6 is 0 Å². The molecular formula is C52H47N3OSi. The van der Waals surface area contributed by atoms with Gasteiger partial charge in [-0.05, 0) is 87.8 Å². The number of ether oxygens (including phenoxy) is 1. The fraction of sp³-hybridized carbons (Fsp3) is 0.173. The molecule has 9 aromatic rings. The molecule has 4 nitrogen and oxygen atoms in total. The Balaban J connectivity index is 1.35. The van der Waals surface area contributed by atoms with E-state index in [1.807, 2.05) is 82.3 Å². The molecule has 0 unspecified atom stereocenters. The molecule has 0 fully saturated rings. The monoisotopic (exact) mass is 761 g/mol. The summed E-state index contributed by atoms with van der Waals surface area (Å²) in [6, 6.07) is 60.4. The average Bonchev–Trinajstić information content (AvgIpc) is 3.81. The predicted octanol–water partition coefficient (Wildman–Crippen LogP) is 10.3. The van der Waals surface area contributed by atoms with Crippen LogP contribution < -0.4 is 25.5 Å². The maximum absolute atomic E-state index is 10.1. The summed E-state index contributed by atoms with van der Waals surface area (Å²) in [5.41, 5.74) is 4.34. The fourth-order valence-corrected chi connectivity index (χ4v) is 14.3. The first kappa shape index (κ1) is 31.0. The summed E-state index contributed by atoms with van der Waals surface area (Å²) in [6.07, 6.45) is -4.10. The molecular weight excluding hydrogens is 711 g/mol. The van der Waals surface area contributed by atoms with E-state index in [2.05, 4.69) is 130 Å². The van der Waals surface area contributed by atoms with Crippen LogP contribution in [0.4, 0.5) is 0 Å². The molecule has 10 rings (SSSR count). The second kappa shape index (κ2) is 13.8. The number of rotatable bonds is 9. The Morgan fingerprint density at radius 1 is 0.579 bits per heavy atom. The third-order valence-electron chi connectivity index (χ3n) is 11.4. The SMILES string of the molecule is [2H]C([2H])(C(C)C)C1(C([2H])([2H])C(C)C)c2ccccc2Oc2c1cccc2[Si](c1ccccc1)(c1ccccc1)c1cccc(-n2c3ccccc3n3c4ccccc4nc23)c1. The van der Waals surface area contributed by atoms with Crippen LogP contribution in [0.15, 0.2) is 176 Å². The zero-order chi connectivity index (χ0) is 42.3. The van der Waals surface area contributed by atoms with E-state index in [9.17, 15) is 5.48 Å². The zero-order valence-corrected chi connectivity index (χ0v) is 33.6. The number of imidazole rings is 2. The summed E-state index contributed by atoms with van der Waals surface area (Å²) >= 11 is 0. The first-order valence-electron chi connectivity index (χ1n) is 22.0. The number of para-hydroxylation sites is 6. The summed E-state index contributed by atoms with van der Waals surface area (Å²) in [7, 11) is -3.46. The van der Waals surface area contributed by atoms with Crippen molar-refractivity contribution in [3.8, 4) is 17.2 Å². The van der Waals surface area contributed by atoms with Crippen LogP contribution in [-0.2, 0) is 5.41 Å². The van der Waals surface area contributed by atoms with Crippen molar-refractivity contribution in [3.63, 3.8) is 0 Å². The van der Waals surface area contributed by atoms with Crippen LogP contribution in [0, 0.1) is 11.8 Å². The van der Waals surface area contributed by atoms with Crippen molar-refractivity contribution < 1.29 is 10.2 Å². The van der Waals surface area contributed by atoms with Gasteiger partial charge in [-0.25, -0.2) is 4.98 Å². The standard InChI is InChI=1S/C52H47N3OSi/c1-36(2)34-52(35-37(3)4)42-25-11-16-31-48(42)56-50-43(52)26-18-32-49(50)57(39-20-7-5-8-21-39,40-22-9-6-10-23-40)41-24-17-19-38(33-41)54-46-29-14-15-30-47(46)55-45-28-13-12-27-44(45)53-51(54)55/h5-33,36-37H,34-35H2,1-4H3/i34D2,35D2. The Bertz CT molecular complexity index is 3040. The highest BCUT2D eigenvalue weighted by Gasteiger charge is 2.49. The second-order valence-corrected chi connectivity index (χ2v) is 19.5. The van der Waals surface area contributed by atoms with Crippen molar-refractivity contribution in [2.24, 2.45) is 11.8 Å². The molecule has 0 aliphatic carbocycles. The highest BCUT2D eigenvalue weighted by atomic mass is 28.3. The van der Waals surface area contributed by atoms with E-state index in [-0.39, 0.29) is 0 Å². The maximum atomic E-state index is 10.1. The van der Waals surface area contributed by atoms with Gasteiger partial charge in [0, 0.05) is 27.7 Å². The molecule has 5 heteroatoms. The fourth-order valence-electron chi connectivity index (χ4n) is 9.40. The van der Waals surface area contributed by atoms with E-state index < -0.39 is 38.1 Å². The molecule has 0 saturated heterocycles. The van der Waals surface area contributed by atoms with Gasteiger partial charge >= 0.3 is 0 Å². The van der Waals surface area contributed by atoms with Gasteiger partial charge in [-0.15, -0.1) is 0 Å². The van der Waals surface area contributed by atoms with Gasteiger partial charge in [-0.2, -0.15) is 0 Å². The molecule has 57 heavy (non-hydrogen) atoms. The van der Waals surface area contributed by atoms with Gasteiger partial charge in [0.25, 0.3) is 0 Å². The molecule has 7 aromatic carbocycles. The minimum atomic E-state index is -3.46.